The molecule has 6 rings (SSSR count). The third-order valence-electron chi connectivity index (χ3n) is 8.00. The molecule has 11 nitrogen and oxygen atoms in total. The van der Waals surface area contributed by atoms with E-state index in [2.05, 4.69) is 45.1 Å². The Labute approximate surface area is 254 Å². The third-order valence-corrected chi connectivity index (χ3v) is 8.30. The second kappa shape index (κ2) is 11.9. The predicted molar refractivity (Wildman–Crippen MR) is 172 cm³/mol. The topological polar surface area (TPSA) is 112 Å². The van der Waals surface area contributed by atoms with Crippen molar-refractivity contribution in [3.8, 4) is 16.9 Å². The number of rotatable bonds is 5. The zero-order valence-corrected chi connectivity index (χ0v) is 25.6. The van der Waals surface area contributed by atoms with Crippen LogP contribution in [0.4, 0.5) is 5.82 Å². The maximum atomic E-state index is 13.3. The first kappa shape index (κ1) is 29.8. The van der Waals surface area contributed by atoms with Gasteiger partial charge in [-0.15, -0.1) is 0 Å². The Balaban J connectivity index is 0.000000559. The number of hydrazone groups is 1. The molecule has 0 spiro atoms. The molecule has 2 atom stereocenters. The van der Waals surface area contributed by atoms with Gasteiger partial charge in [-0.2, -0.15) is 15.2 Å². The van der Waals surface area contributed by atoms with Gasteiger partial charge in [-0.05, 0) is 44.5 Å². The number of fused-ring (bicyclic) bond motifs is 1. The lowest BCUT2D eigenvalue weighted by Gasteiger charge is -2.44. The first-order valence-electron chi connectivity index (χ1n) is 14.0. The van der Waals surface area contributed by atoms with E-state index in [0.29, 0.717) is 48.3 Å². The molecule has 12 heteroatoms. The Morgan fingerprint density at radius 3 is 2.65 bits per heavy atom. The van der Waals surface area contributed by atoms with E-state index in [9.17, 15) is 9.59 Å². The molecule has 2 aromatic heterocycles. The predicted octanol–water partition coefficient (Wildman–Crippen LogP) is 4.58. The molecule has 1 fully saturated rings. The minimum atomic E-state index is -0.331. The van der Waals surface area contributed by atoms with E-state index in [1.54, 1.807) is 28.9 Å². The Bertz CT molecular complexity index is 1800. The summed E-state index contributed by atoms with van der Waals surface area (Å²) in [5.41, 5.74) is 3.93. The van der Waals surface area contributed by atoms with Crippen molar-refractivity contribution in [3.05, 3.63) is 70.9 Å². The van der Waals surface area contributed by atoms with Crippen LogP contribution in [0.5, 0.6) is 5.75 Å². The van der Waals surface area contributed by atoms with Crippen molar-refractivity contribution in [3.63, 3.8) is 0 Å². The zero-order chi connectivity index (χ0) is 31.0. The summed E-state index contributed by atoms with van der Waals surface area (Å²) in [6, 6.07) is 5.74. The molecule has 1 saturated heterocycles. The van der Waals surface area contributed by atoms with Gasteiger partial charge in [-0.25, -0.2) is 4.79 Å². The highest BCUT2D eigenvalue weighted by atomic mass is 35.5. The summed E-state index contributed by atoms with van der Waals surface area (Å²) < 4.78 is 7.94. The summed E-state index contributed by atoms with van der Waals surface area (Å²) in [5, 5.41) is 14.4. The molecular formula is C31H35ClN8O3. The van der Waals surface area contributed by atoms with E-state index in [0.717, 1.165) is 33.0 Å². The second-order valence-corrected chi connectivity index (χ2v) is 11.1. The number of halogens is 1. The van der Waals surface area contributed by atoms with Crippen LogP contribution in [0.15, 0.2) is 59.7 Å². The number of aromatic nitrogens is 4. The van der Waals surface area contributed by atoms with Crippen LogP contribution in [0.2, 0.25) is 5.02 Å². The quantitative estimate of drug-likeness (QED) is 0.202. The number of aromatic amines is 1. The largest absolute Gasteiger partial charge is 0.489 e. The Kier molecular flexibility index (Phi) is 8.27. The van der Waals surface area contributed by atoms with Crippen LogP contribution < -0.4 is 15.3 Å². The van der Waals surface area contributed by atoms with Gasteiger partial charge >= 0.3 is 5.69 Å². The van der Waals surface area contributed by atoms with Gasteiger partial charge in [-0.1, -0.05) is 30.8 Å². The lowest BCUT2D eigenvalue weighted by molar-refractivity contribution is -0.128. The molecule has 0 bridgehead atoms. The summed E-state index contributed by atoms with van der Waals surface area (Å²) in [7, 11) is 1.76. The van der Waals surface area contributed by atoms with Crippen LogP contribution in [0.25, 0.3) is 32.9 Å². The minimum absolute atomic E-state index is 0.0706. The highest BCUT2D eigenvalue weighted by molar-refractivity contribution is 6.35. The average molecular weight is 603 g/mol. The highest BCUT2D eigenvalue weighted by Gasteiger charge is 2.35. The number of carbonyl (C=O) groups excluding carboxylic acids is 1. The van der Waals surface area contributed by atoms with Gasteiger partial charge in [0.25, 0.3) is 0 Å². The van der Waals surface area contributed by atoms with Crippen LogP contribution >= 0.6 is 11.6 Å². The Morgan fingerprint density at radius 2 is 1.98 bits per heavy atom. The Hall–Kier alpha value is -4.64. The van der Waals surface area contributed by atoms with Crippen molar-refractivity contribution in [2.45, 2.75) is 39.4 Å². The standard InChI is InChI=1S/C27H27ClN6O3.C4H8N2/c1-5-21(35)33-12-16(4)34(13-15(33)3)26-17-10-19(28)23(22-14(2)6-7-20-18(22)11-29-31-20)25-24(17)32(8-9-37-25)27(36)30-26;1-4-6(3)5-2/h5-7,10-11,15-16H,1,8-9,12-13H2,2-4H3,(H,29,31);4H,1-2H2,3H3/t15-,16+;/m1./s1. The summed E-state index contributed by atoms with van der Waals surface area (Å²) in [4.78, 5) is 34.1. The fourth-order valence-corrected chi connectivity index (χ4v) is 6.05. The normalized spacial score (nSPS) is 17.6. The number of H-pyrrole nitrogens is 1. The molecule has 2 aliphatic heterocycles. The SMILES string of the molecule is C=CC(=O)N1C[C@H](C)N(c2nc(=O)n3c4c(c(-c5c(C)ccc6[nH]ncc56)c(Cl)cc24)OCC3)C[C@H]1C.C=CN(C)N=C. The smallest absolute Gasteiger partial charge is 0.350 e. The number of amides is 1. The third kappa shape index (κ3) is 5.25. The molecule has 0 aliphatic carbocycles. The lowest BCUT2D eigenvalue weighted by atomic mass is 9.94. The van der Waals surface area contributed by atoms with Gasteiger partial charge in [0.05, 0.1) is 28.8 Å². The van der Waals surface area contributed by atoms with Gasteiger partial charge in [0.2, 0.25) is 5.91 Å². The number of carbonyl (C=O) groups is 1. The summed E-state index contributed by atoms with van der Waals surface area (Å²) in [6.07, 6.45) is 4.70. The molecular weight excluding hydrogens is 568 g/mol. The number of hydrogen-bond donors (Lipinski definition) is 1. The first-order chi connectivity index (χ1) is 20.6. The van der Waals surface area contributed by atoms with Gasteiger partial charge in [0.1, 0.15) is 12.4 Å². The number of aryl methyl sites for hydroxylation is 1. The zero-order valence-electron chi connectivity index (χ0n) is 24.8. The van der Waals surface area contributed by atoms with Gasteiger partial charge in [0.15, 0.2) is 5.75 Å². The van der Waals surface area contributed by atoms with Crippen molar-refractivity contribution in [2.75, 3.05) is 31.6 Å². The van der Waals surface area contributed by atoms with E-state index in [4.69, 9.17) is 16.3 Å². The van der Waals surface area contributed by atoms with Crippen LogP contribution in [-0.2, 0) is 11.3 Å². The summed E-state index contributed by atoms with van der Waals surface area (Å²) in [5.74, 6) is 1.03. The molecule has 1 amide bonds. The van der Waals surface area contributed by atoms with Crippen LogP contribution in [0.3, 0.4) is 0 Å². The van der Waals surface area contributed by atoms with Crippen molar-refractivity contribution in [1.82, 2.24) is 29.7 Å². The van der Waals surface area contributed by atoms with E-state index >= 15 is 0 Å². The number of anilines is 1. The van der Waals surface area contributed by atoms with Gasteiger partial charge < -0.3 is 14.5 Å². The number of nitrogens with one attached hydrogen (secondary N) is 1. The highest BCUT2D eigenvalue weighted by Crippen LogP contribution is 2.48. The molecule has 224 valence electrons. The van der Waals surface area contributed by atoms with E-state index in [-0.39, 0.29) is 23.7 Å². The van der Waals surface area contributed by atoms with E-state index < -0.39 is 0 Å². The lowest BCUT2D eigenvalue weighted by Crippen LogP contribution is -2.58. The number of piperazine rings is 1. The molecule has 0 radical (unpaired) electrons. The molecule has 1 N–H and O–H groups in total. The maximum absolute atomic E-state index is 13.3. The molecule has 2 aliphatic rings. The second-order valence-electron chi connectivity index (χ2n) is 10.7. The van der Waals surface area contributed by atoms with E-state index in [1.807, 2.05) is 39.0 Å². The minimum Gasteiger partial charge on any atom is -0.489 e. The van der Waals surface area contributed by atoms with Crippen LogP contribution in [-0.4, -0.2) is 81.1 Å². The van der Waals surface area contributed by atoms with Crippen molar-refractivity contribution >= 4 is 51.8 Å². The molecule has 0 saturated carbocycles. The number of hydrogen-bond acceptors (Lipinski definition) is 8. The van der Waals surface area contributed by atoms with Crippen LogP contribution in [0, 0.1) is 6.92 Å². The molecule has 4 heterocycles. The Morgan fingerprint density at radius 1 is 1.21 bits per heavy atom. The summed E-state index contributed by atoms with van der Waals surface area (Å²) in [6.45, 7) is 18.1. The van der Waals surface area contributed by atoms with Crippen molar-refractivity contribution in [1.29, 1.82) is 0 Å². The van der Waals surface area contributed by atoms with Crippen molar-refractivity contribution in [2.24, 2.45) is 5.10 Å². The fourth-order valence-electron chi connectivity index (χ4n) is 5.76. The van der Waals surface area contributed by atoms with E-state index in [1.165, 1.54) is 11.1 Å². The summed E-state index contributed by atoms with van der Waals surface area (Å²) >= 11 is 7.03. The van der Waals surface area contributed by atoms with Gasteiger partial charge in [-0.3, -0.25) is 19.5 Å². The average Bonchev–Trinajstić information content (AvgIpc) is 3.49. The van der Waals surface area contributed by atoms with Crippen molar-refractivity contribution < 1.29 is 9.53 Å². The maximum Gasteiger partial charge on any atom is 0.350 e. The monoisotopic (exact) mass is 602 g/mol. The fraction of sp³-hybridized carbons (Fsp3) is 0.323. The first-order valence-corrected chi connectivity index (χ1v) is 14.3. The van der Waals surface area contributed by atoms with Gasteiger partial charge in [0, 0.05) is 67.0 Å². The molecule has 4 aromatic rings. The molecule has 0 unspecified atom stereocenters. The van der Waals surface area contributed by atoms with Crippen LogP contribution in [0.1, 0.15) is 19.4 Å². The number of benzene rings is 2. The molecule has 43 heavy (non-hydrogen) atoms. The number of ether oxygens (including phenoxy) is 1. The number of nitrogens with zero attached hydrogens (tertiary/aromatic N) is 7. The molecule has 2 aromatic carbocycles.